The number of rotatable bonds is 6. The first-order valence-electron chi connectivity index (χ1n) is 9.71. The molecule has 0 radical (unpaired) electrons. The van der Waals surface area contributed by atoms with Crippen LogP contribution in [0.4, 0.5) is 0 Å². The van der Waals surface area contributed by atoms with Gasteiger partial charge in [-0.3, -0.25) is 14.4 Å². The highest BCUT2D eigenvalue weighted by molar-refractivity contribution is 7.10. The number of thiophene rings is 1. The largest absolute Gasteiger partial charge is 0.350 e. The van der Waals surface area contributed by atoms with E-state index >= 15 is 0 Å². The van der Waals surface area contributed by atoms with Gasteiger partial charge in [0.25, 0.3) is 5.91 Å². The van der Waals surface area contributed by atoms with Crippen LogP contribution in [-0.4, -0.2) is 40.2 Å². The lowest BCUT2D eigenvalue weighted by Gasteiger charge is -2.36. The maximum atomic E-state index is 12.8. The Balaban J connectivity index is 1.45. The summed E-state index contributed by atoms with van der Waals surface area (Å²) in [6, 6.07) is 4.57. The van der Waals surface area contributed by atoms with Gasteiger partial charge in [0, 0.05) is 24.4 Å². The second kappa shape index (κ2) is 7.53. The van der Waals surface area contributed by atoms with Gasteiger partial charge in [-0.05, 0) is 56.1 Å². The summed E-state index contributed by atoms with van der Waals surface area (Å²) in [6.07, 6.45) is 6.55. The van der Waals surface area contributed by atoms with E-state index in [0.29, 0.717) is 12.5 Å². The molecule has 3 heterocycles. The maximum Gasteiger partial charge on any atom is 0.254 e. The van der Waals surface area contributed by atoms with Gasteiger partial charge >= 0.3 is 0 Å². The highest BCUT2D eigenvalue weighted by Gasteiger charge is 2.32. The number of aromatic nitrogens is 2. The standard InChI is InChI=1S/C20H28N4OS/c1-14-7-9-24(10-8-14)17(18-4-3-11-26-18)13-21-20(25)16-12-22-23(2)19(16)15-5-6-15/h3-4,11-12,14-15,17H,5-10,13H2,1-2H3,(H,21,25). The third kappa shape index (κ3) is 3.71. The number of carbonyl (C=O) groups excluding carboxylic acids is 1. The van der Waals surface area contributed by atoms with Crippen molar-refractivity contribution in [1.29, 1.82) is 0 Å². The van der Waals surface area contributed by atoms with Crippen LogP contribution in [0.25, 0.3) is 0 Å². The van der Waals surface area contributed by atoms with Gasteiger partial charge in [-0.15, -0.1) is 11.3 Å². The Labute approximate surface area is 159 Å². The van der Waals surface area contributed by atoms with Crippen LogP contribution in [0, 0.1) is 5.92 Å². The second-order valence-electron chi connectivity index (χ2n) is 7.80. The van der Waals surface area contributed by atoms with Gasteiger partial charge in [-0.2, -0.15) is 5.10 Å². The van der Waals surface area contributed by atoms with Crippen molar-refractivity contribution in [3.05, 3.63) is 39.8 Å². The molecule has 1 aliphatic carbocycles. The van der Waals surface area contributed by atoms with E-state index in [1.165, 1.54) is 30.6 Å². The summed E-state index contributed by atoms with van der Waals surface area (Å²) >= 11 is 1.79. The highest BCUT2D eigenvalue weighted by atomic mass is 32.1. The number of nitrogens with one attached hydrogen (secondary N) is 1. The minimum absolute atomic E-state index is 0.0203. The van der Waals surface area contributed by atoms with Gasteiger partial charge in [0.15, 0.2) is 0 Å². The Morgan fingerprint density at radius 2 is 2.12 bits per heavy atom. The van der Waals surface area contributed by atoms with Gasteiger partial charge in [0.2, 0.25) is 0 Å². The summed E-state index contributed by atoms with van der Waals surface area (Å²) in [5, 5.41) is 9.65. The lowest BCUT2D eigenvalue weighted by molar-refractivity contribution is 0.0914. The van der Waals surface area contributed by atoms with Crippen molar-refractivity contribution in [2.75, 3.05) is 19.6 Å². The molecule has 26 heavy (non-hydrogen) atoms. The van der Waals surface area contributed by atoms with Gasteiger partial charge in [-0.1, -0.05) is 13.0 Å². The van der Waals surface area contributed by atoms with Crippen LogP contribution in [0.5, 0.6) is 0 Å². The summed E-state index contributed by atoms with van der Waals surface area (Å²) in [4.78, 5) is 16.7. The number of nitrogens with zero attached hydrogens (tertiary/aromatic N) is 3. The number of carbonyl (C=O) groups is 1. The zero-order valence-corrected chi connectivity index (χ0v) is 16.5. The lowest BCUT2D eigenvalue weighted by Crippen LogP contribution is -2.41. The number of amides is 1. The topological polar surface area (TPSA) is 50.2 Å². The number of hydrogen-bond acceptors (Lipinski definition) is 4. The molecule has 0 aromatic carbocycles. The van der Waals surface area contributed by atoms with Crippen molar-refractivity contribution in [2.45, 2.75) is 44.6 Å². The summed E-state index contributed by atoms with van der Waals surface area (Å²) in [6.45, 7) is 5.22. The molecule has 1 aliphatic heterocycles. The molecule has 1 atom stereocenters. The molecule has 140 valence electrons. The molecule has 1 amide bonds. The molecule has 1 unspecified atom stereocenters. The average Bonchev–Trinajstić information content (AvgIpc) is 3.17. The highest BCUT2D eigenvalue weighted by Crippen LogP contribution is 2.41. The van der Waals surface area contributed by atoms with Crippen LogP contribution < -0.4 is 5.32 Å². The molecule has 0 bridgehead atoms. The normalized spacial score (nSPS) is 20.2. The number of piperidine rings is 1. The number of aryl methyl sites for hydroxylation is 1. The minimum Gasteiger partial charge on any atom is -0.350 e. The van der Waals surface area contributed by atoms with Gasteiger partial charge in [0.1, 0.15) is 0 Å². The van der Waals surface area contributed by atoms with Crippen molar-refractivity contribution in [3.8, 4) is 0 Å². The molecule has 2 aromatic rings. The molecule has 0 spiro atoms. The van der Waals surface area contributed by atoms with Crippen LogP contribution in [0.1, 0.15) is 65.5 Å². The first-order valence-corrected chi connectivity index (χ1v) is 10.6. The zero-order valence-electron chi connectivity index (χ0n) is 15.6. The zero-order chi connectivity index (χ0) is 18.1. The van der Waals surface area contributed by atoms with E-state index < -0.39 is 0 Å². The van der Waals surface area contributed by atoms with Crippen LogP contribution in [0.15, 0.2) is 23.7 Å². The minimum atomic E-state index is 0.0203. The summed E-state index contributed by atoms with van der Waals surface area (Å²) in [7, 11) is 1.94. The fraction of sp³-hybridized carbons (Fsp3) is 0.600. The molecule has 6 heteroatoms. The van der Waals surface area contributed by atoms with Gasteiger partial charge in [0.05, 0.1) is 23.5 Å². The van der Waals surface area contributed by atoms with Crippen LogP contribution in [0.3, 0.4) is 0 Å². The molecule has 1 saturated heterocycles. The van der Waals surface area contributed by atoms with E-state index in [2.05, 4.69) is 39.8 Å². The van der Waals surface area contributed by atoms with E-state index in [4.69, 9.17) is 0 Å². The molecule has 2 fully saturated rings. The maximum absolute atomic E-state index is 12.8. The van der Waals surface area contributed by atoms with Crippen molar-refractivity contribution in [2.24, 2.45) is 13.0 Å². The summed E-state index contributed by atoms with van der Waals surface area (Å²) in [5.74, 6) is 1.34. The molecule has 1 N–H and O–H groups in total. The van der Waals surface area contributed by atoms with Crippen LogP contribution in [-0.2, 0) is 7.05 Å². The number of hydrogen-bond donors (Lipinski definition) is 1. The predicted octanol–water partition coefficient (Wildman–Crippen LogP) is 3.56. The third-order valence-electron chi connectivity index (χ3n) is 5.78. The Morgan fingerprint density at radius 1 is 1.35 bits per heavy atom. The van der Waals surface area contributed by atoms with Gasteiger partial charge < -0.3 is 5.32 Å². The average molecular weight is 373 g/mol. The van der Waals surface area contributed by atoms with E-state index in [1.807, 2.05) is 11.7 Å². The smallest absolute Gasteiger partial charge is 0.254 e. The molecule has 2 aliphatic rings. The Bertz CT molecular complexity index is 742. The Kier molecular flexibility index (Phi) is 5.14. The Hall–Kier alpha value is -1.66. The van der Waals surface area contributed by atoms with E-state index in [1.54, 1.807) is 17.5 Å². The van der Waals surface area contributed by atoms with E-state index in [9.17, 15) is 4.79 Å². The number of likely N-dealkylation sites (tertiary alicyclic amines) is 1. The Morgan fingerprint density at radius 3 is 2.77 bits per heavy atom. The van der Waals surface area contributed by atoms with E-state index in [0.717, 1.165) is 30.3 Å². The predicted molar refractivity (Wildman–Crippen MR) is 105 cm³/mol. The summed E-state index contributed by atoms with van der Waals surface area (Å²) in [5.41, 5.74) is 1.86. The van der Waals surface area contributed by atoms with Gasteiger partial charge in [-0.25, -0.2) is 0 Å². The second-order valence-corrected chi connectivity index (χ2v) is 8.78. The fourth-order valence-corrected chi connectivity index (χ4v) is 4.84. The van der Waals surface area contributed by atoms with Crippen molar-refractivity contribution in [3.63, 3.8) is 0 Å². The van der Waals surface area contributed by atoms with Crippen LogP contribution in [0.2, 0.25) is 0 Å². The van der Waals surface area contributed by atoms with Crippen molar-refractivity contribution < 1.29 is 4.79 Å². The van der Waals surface area contributed by atoms with E-state index in [-0.39, 0.29) is 11.9 Å². The third-order valence-corrected chi connectivity index (χ3v) is 6.75. The quantitative estimate of drug-likeness (QED) is 0.843. The monoisotopic (exact) mass is 372 g/mol. The molecular formula is C20H28N4OS. The molecule has 1 saturated carbocycles. The van der Waals surface area contributed by atoms with Crippen molar-refractivity contribution in [1.82, 2.24) is 20.0 Å². The molecule has 2 aromatic heterocycles. The lowest BCUT2D eigenvalue weighted by atomic mass is 9.97. The summed E-state index contributed by atoms with van der Waals surface area (Å²) < 4.78 is 1.87. The molecule has 4 rings (SSSR count). The van der Waals surface area contributed by atoms with Crippen LogP contribution >= 0.6 is 11.3 Å². The first kappa shape index (κ1) is 17.7. The van der Waals surface area contributed by atoms with Crippen molar-refractivity contribution >= 4 is 17.2 Å². The first-order chi connectivity index (χ1) is 12.6. The molecular weight excluding hydrogens is 344 g/mol. The SMILES string of the molecule is CC1CCN(C(CNC(=O)c2cnn(C)c2C2CC2)c2cccs2)CC1. The fourth-order valence-electron chi connectivity index (χ4n) is 3.98. The molecule has 5 nitrogen and oxygen atoms in total.